The van der Waals surface area contributed by atoms with Gasteiger partial charge in [-0.3, -0.25) is 0 Å². The van der Waals surface area contributed by atoms with E-state index >= 15 is 0 Å². The Bertz CT molecular complexity index is 98.1. The van der Waals surface area contributed by atoms with Crippen LogP contribution < -0.4 is 10.6 Å². The Morgan fingerprint density at radius 2 is 2.36 bits per heavy atom. The number of rotatable bonds is 4. The van der Waals surface area contributed by atoms with Crippen LogP contribution in [0.1, 0.15) is 32.6 Å². The monoisotopic (exact) mass is 156 g/mol. The van der Waals surface area contributed by atoms with Crippen LogP contribution >= 0.6 is 0 Å². The third-order valence-electron chi connectivity index (χ3n) is 2.58. The highest BCUT2D eigenvalue weighted by Gasteiger charge is 2.31. The fraction of sp³-hybridized carbons (Fsp3) is 1.00. The molecular formula is C9H20N2. The summed E-state index contributed by atoms with van der Waals surface area (Å²) in [5, 5.41) is 6.88. The lowest BCUT2D eigenvalue weighted by atomic mass is 9.92. The van der Waals surface area contributed by atoms with Crippen LogP contribution in [-0.2, 0) is 0 Å². The first-order valence-electron chi connectivity index (χ1n) is 4.72. The first-order valence-corrected chi connectivity index (χ1v) is 4.72. The second-order valence-electron chi connectivity index (χ2n) is 3.59. The maximum atomic E-state index is 3.61. The van der Waals surface area contributed by atoms with Crippen LogP contribution in [0, 0.1) is 0 Å². The van der Waals surface area contributed by atoms with Crippen LogP contribution in [0.5, 0.6) is 0 Å². The van der Waals surface area contributed by atoms with Crippen LogP contribution in [0.4, 0.5) is 0 Å². The molecule has 0 aromatic heterocycles. The van der Waals surface area contributed by atoms with E-state index in [9.17, 15) is 0 Å². The van der Waals surface area contributed by atoms with E-state index in [1.165, 1.54) is 32.2 Å². The summed E-state index contributed by atoms with van der Waals surface area (Å²) in [6.07, 6.45) is 5.30. The van der Waals surface area contributed by atoms with Gasteiger partial charge in [0.25, 0.3) is 0 Å². The first-order chi connectivity index (χ1) is 5.33. The minimum Gasteiger partial charge on any atom is -0.318 e. The zero-order valence-electron chi connectivity index (χ0n) is 7.74. The van der Waals surface area contributed by atoms with Gasteiger partial charge in [0.05, 0.1) is 0 Å². The summed E-state index contributed by atoms with van der Waals surface area (Å²) in [7, 11) is 2.04. The topological polar surface area (TPSA) is 24.1 Å². The minimum atomic E-state index is 0.434. The van der Waals surface area contributed by atoms with Crippen molar-refractivity contribution in [3.63, 3.8) is 0 Å². The molecule has 0 saturated carbocycles. The van der Waals surface area contributed by atoms with Crippen LogP contribution in [0.15, 0.2) is 0 Å². The molecule has 66 valence electrons. The van der Waals surface area contributed by atoms with Crippen molar-refractivity contribution >= 4 is 0 Å². The molecule has 0 aromatic rings. The Balaban J connectivity index is 2.40. The zero-order chi connectivity index (χ0) is 8.16. The molecule has 2 N–H and O–H groups in total. The average Bonchev–Trinajstić information content (AvgIpc) is 2.39. The van der Waals surface area contributed by atoms with E-state index in [0.29, 0.717) is 5.54 Å². The average molecular weight is 156 g/mol. The van der Waals surface area contributed by atoms with E-state index in [1.807, 2.05) is 7.05 Å². The minimum absolute atomic E-state index is 0.434. The first kappa shape index (κ1) is 9.01. The molecule has 0 bridgehead atoms. The SMILES string of the molecule is CCCC1(CNC)CCCN1. The second kappa shape index (κ2) is 4.07. The van der Waals surface area contributed by atoms with E-state index in [2.05, 4.69) is 17.6 Å². The standard InChI is InChI=1S/C9H20N2/c1-3-5-9(8-10-2)6-4-7-11-9/h10-11H,3-8H2,1-2H3. The highest BCUT2D eigenvalue weighted by Crippen LogP contribution is 2.23. The summed E-state index contributed by atoms with van der Waals surface area (Å²) < 4.78 is 0. The van der Waals surface area contributed by atoms with Gasteiger partial charge in [-0.15, -0.1) is 0 Å². The Labute approximate surface area is 69.8 Å². The molecule has 0 aliphatic carbocycles. The molecule has 1 unspecified atom stereocenters. The predicted molar refractivity (Wildman–Crippen MR) is 48.8 cm³/mol. The Morgan fingerprint density at radius 1 is 1.55 bits per heavy atom. The van der Waals surface area contributed by atoms with Gasteiger partial charge < -0.3 is 10.6 Å². The summed E-state index contributed by atoms with van der Waals surface area (Å²) in [6.45, 7) is 4.60. The lowest BCUT2D eigenvalue weighted by Gasteiger charge is -2.28. The van der Waals surface area contributed by atoms with Crippen molar-refractivity contribution in [3.05, 3.63) is 0 Å². The van der Waals surface area contributed by atoms with E-state index < -0.39 is 0 Å². The van der Waals surface area contributed by atoms with Crippen molar-refractivity contribution in [3.8, 4) is 0 Å². The van der Waals surface area contributed by atoms with Gasteiger partial charge in [0.2, 0.25) is 0 Å². The molecule has 2 heteroatoms. The molecule has 11 heavy (non-hydrogen) atoms. The maximum Gasteiger partial charge on any atom is 0.0306 e. The van der Waals surface area contributed by atoms with Gasteiger partial charge in [0.15, 0.2) is 0 Å². The van der Waals surface area contributed by atoms with Gasteiger partial charge in [0, 0.05) is 12.1 Å². The number of hydrogen-bond acceptors (Lipinski definition) is 2. The van der Waals surface area contributed by atoms with E-state index in [4.69, 9.17) is 0 Å². The summed E-state index contributed by atoms with van der Waals surface area (Å²) in [4.78, 5) is 0. The second-order valence-corrected chi connectivity index (χ2v) is 3.59. The summed E-state index contributed by atoms with van der Waals surface area (Å²) in [5.74, 6) is 0. The molecule has 2 nitrogen and oxygen atoms in total. The quantitative estimate of drug-likeness (QED) is 0.637. The van der Waals surface area contributed by atoms with E-state index in [0.717, 1.165) is 6.54 Å². The predicted octanol–water partition coefficient (Wildman–Crippen LogP) is 1.13. The van der Waals surface area contributed by atoms with Crippen LogP contribution in [-0.4, -0.2) is 25.7 Å². The Hall–Kier alpha value is -0.0800. The van der Waals surface area contributed by atoms with Gasteiger partial charge >= 0.3 is 0 Å². The van der Waals surface area contributed by atoms with Crippen molar-refractivity contribution in [2.24, 2.45) is 0 Å². The van der Waals surface area contributed by atoms with E-state index in [-0.39, 0.29) is 0 Å². The molecule has 1 saturated heterocycles. The highest BCUT2D eigenvalue weighted by atomic mass is 15.0. The number of hydrogen-bond donors (Lipinski definition) is 2. The smallest absolute Gasteiger partial charge is 0.0306 e. The third-order valence-corrected chi connectivity index (χ3v) is 2.58. The highest BCUT2D eigenvalue weighted by molar-refractivity contribution is 4.93. The largest absolute Gasteiger partial charge is 0.318 e. The van der Waals surface area contributed by atoms with Gasteiger partial charge in [0.1, 0.15) is 0 Å². The van der Waals surface area contributed by atoms with Gasteiger partial charge in [-0.2, -0.15) is 0 Å². The normalized spacial score (nSPS) is 31.1. The third kappa shape index (κ3) is 2.17. The number of likely N-dealkylation sites (N-methyl/N-ethyl adjacent to an activating group) is 1. The molecular weight excluding hydrogens is 136 g/mol. The molecule has 1 fully saturated rings. The molecule has 0 spiro atoms. The van der Waals surface area contributed by atoms with E-state index in [1.54, 1.807) is 0 Å². The van der Waals surface area contributed by atoms with Gasteiger partial charge in [-0.25, -0.2) is 0 Å². The summed E-state index contributed by atoms with van der Waals surface area (Å²) in [5.41, 5.74) is 0.434. The summed E-state index contributed by atoms with van der Waals surface area (Å²) >= 11 is 0. The zero-order valence-corrected chi connectivity index (χ0v) is 7.74. The molecule has 1 atom stereocenters. The van der Waals surface area contributed by atoms with Crippen molar-refractivity contribution in [2.75, 3.05) is 20.1 Å². The number of nitrogens with one attached hydrogen (secondary N) is 2. The van der Waals surface area contributed by atoms with Crippen LogP contribution in [0.3, 0.4) is 0 Å². The van der Waals surface area contributed by atoms with Crippen molar-refractivity contribution in [1.82, 2.24) is 10.6 Å². The van der Waals surface area contributed by atoms with Crippen molar-refractivity contribution < 1.29 is 0 Å². The summed E-state index contributed by atoms with van der Waals surface area (Å²) in [6, 6.07) is 0. The molecule has 1 aliphatic heterocycles. The molecule has 1 rings (SSSR count). The Morgan fingerprint density at radius 3 is 2.82 bits per heavy atom. The maximum absolute atomic E-state index is 3.61. The fourth-order valence-corrected chi connectivity index (χ4v) is 2.14. The fourth-order valence-electron chi connectivity index (χ4n) is 2.14. The van der Waals surface area contributed by atoms with Crippen molar-refractivity contribution in [1.29, 1.82) is 0 Å². The molecule has 0 amide bonds. The Kier molecular flexibility index (Phi) is 3.34. The lowest BCUT2D eigenvalue weighted by Crippen LogP contribution is -2.47. The van der Waals surface area contributed by atoms with Crippen LogP contribution in [0.25, 0.3) is 0 Å². The lowest BCUT2D eigenvalue weighted by molar-refractivity contribution is 0.334. The molecule has 0 radical (unpaired) electrons. The van der Waals surface area contributed by atoms with Crippen molar-refractivity contribution in [2.45, 2.75) is 38.1 Å². The van der Waals surface area contributed by atoms with Crippen LogP contribution in [0.2, 0.25) is 0 Å². The van der Waals surface area contributed by atoms with Gasteiger partial charge in [-0.1, -0.05) is 13.3 Å². The molecule has 1 aliphatic rings. The van der Waals surface area contributed by atoms with Gasteiger partial charge in [-0.05, 0) is 32.9 Å². The molecule has 0 aromatic carbocycles. The molecule has 1 heterocycles.